The number of carbonyl (C=O) groups is 1. The summed E-state index contributed by atoms with van der Waals surface area (Å²) < 4.78 is 8.10. The van der Waals surface area contributed by atoms with E-state index in [4.69, 9.17) is 4.74 Å². The molecule has 1 aliphatic heterocycles. The molecule has 0 bridgehead atoms. The lowest BCUT2D eigenvalue weighted by molar-refractivity contribution is 0.0962. The fraction of sp³-hybridized carbons (Fsp3) is 0.381. The number of ether oxygens (including phenoxy) is 1. The summed E-state index contributed by atoms with van der Waals surface area (Å²) in [6.07, 6.45) is 4.14. The molecule has 1 N–H and O–H groups in total. The van der Waals surface area contributed by atoms with E-state index < -0.39 is 0 Å². The van der Waals surface area contributed by atoms with Crippen LogP contribution < -0.4 is 5.32 Å². The Morgan fingerprint density at radius 2 is 2.21 bits per heavy atom. The number of hydrogen-bond donors (Lipinski definition) is 1. The van der Waals surface area contributed by atoms with Gasteiger partial charge in [0.2, 0.25) is 0 Å². The number of hydrogen-bond acceptors (Lipinski definition) is 5. The van der Waals surface area contributed by atoms with Crippen LogP contribution in [0, 0.1) is 20.8 Å². The zero-order chi connectivity index (χ0) is 19.7. The van der Waals surface area contributed by atoms with Gasteiger partial charge in [-0.05, 0) is 51.8 Å². The lowest BCUT2D eigenvalue weighted by atomic mass is 10.2. The van der Waals surface area contributed by atoms with Crippen molar-refractivity contribution in [1.82, 2.24) is 14.5 Å². The molecule has 4 rings (SSSR count). The average molecular weight is 397 g/mol. The van der Waals surface area contributed by atoms with E-state index in [2.05, 4.69) is 39.8 Å². The van der Waals surface area contributed by atoms with Gasteiger partial charge in [0.15, 0.2) is 5.13 Å². The van der Waals surface area contributed by atoms with E-state index in [-0.39, 0.29) is 5.91 Å². The van der Waals surface area contributed by atoms with Gasteiger partial charge in [0.05, 0.1) is 17.4 Å². The van der Waals surface area contributed by atoms with Crippen LogP contribution in [0.1, 0.15) is 40.3 Å². The lowest BCUT2D eigenvalue weighted by Gasteiger charge is -2.14. The highest BCUT2D eigenvalue weighted by Crippen LogP contribution is 2.31. The standard InChI is InChI=1S/C21H24N4O2S/c1-13-6-7-16(10-22-13)20(26)24-21-23-19(12-28-21)18-9-14(2)25(15(18)3)11-17-5-4-8-27-17/h6-7,9-10,12,17H,4-5,8,11H2,1-3H3,(H,23,24,26). The van der Waals surface area contributed by atoms with Gasteiger partial charge in [0, 0.05) is 47.4 Å². The molecule has 0 radical (unpaired) electrons. The fourth-order valence-electron chi connectivity index (χ4n) is 3.56. The third-order valence-corrected chi connectivity index (χ3v) is 5.92. The minimum atomic E-state index is -0.197. The van der Waals surface area contributed by atoms with Gasteiger partial charge in [-0.3, -0.25) is 15.1 Å². The summed E-state index contributed by atoms with van der Waals surface area (Å²) in [4.78, 5) is 21.2. The zero-order valence-electron chi connectivity index (χ0n) is 16.4. The van der Waals surface area contributed by atoms with Gasteiger partial charge >= 0.3 is 0 Å². The smallest absolute Gasteiger partial charge is 0.259 e. The molecule has 1 unspecified atom stereocenters. The van der Waals surface area contributed by atoms with Crippen molar-refractivity contribution in [2.75, 3.05) is 11.9 Å². The van der Waals surface area contributed by atoms with Crippen molar-refractivity contribution in [3.05, 3.63) is 52.4 Å². The first-order chi connectivity index (χ1) is 13.5. The van der Waals surface area contributed by atoms with Crippen molar-refractivity contribution >= 4 is 22.4 Å². The summed E-state index contributed by atoms with van der Waals surface area (Å²) in [7, 11) is 0. The summed E-state index contributed by atoms with van der Waals surface area (Å²) in [5.41, 5.74) is 5.77. The molecule has 1 saturated heterocycles. The Morgan fingerprint density at radius 3 is 2.93 bits per heavy atom. The second-order valence-electron chi connectivity index (χ2n) is 7.21. The van der Waals surface area contributed by atoms with Crippen molar-refractivity contribution < 1.29 is 9.53 Å². The number of rotatable bonds is 5. The summed E-state index contributed by atoms with van der Waals surface area (Å²) in [6.45, 7) is 7.87. The first kappa shape index (κ1) is 18.8. The molecule has 4 heterocycles. The second kappa shape index (κ2) is 7.85. The third-order valence-electron chi connectivity index (χ3n) is 5.16. The zero-order valence-corrected chi connectivity index (χ0v) is 17.2. The third kappa shape index (κ3) is 3.86. The fourth-order valence-corrected chi connectivity index (χ4v) is 4.27. The van der Waals surface area contributed by atoms with Crippen molar-refractivity contribution in [1.29, 1.82) is 0 Å². The SMILES string of the molecule is Cc1ccc(C(=O)Nc2nc(-c3cc(C)n(CC4CCCO4)c3C)cs2)cn1. The van der Waals surface area contributed by atoms with E-state index in [0.29, 0.717) is 16.8 Å². The summed E-state index contributed by atoms with van der Waals surface area (Å²) in [5, 5.41) is 5.44. The van der Waals surface area contributed by atoms with Crippen molar-refractivity contribution in [2.24, 2.45) is 0 Å². The van der Waals surface area contributed by atoms with Crippen LogP contribution in [-0.2, 0) is 11.3 Å². The second-order valence-corrected chi connectivity index (χ2v) is 8.07. The number of nitrogens with one attached hydrogen (secondary N) is 1. The minimum absolute atomic E-state index is 0.197. The molecule has 146 valence electrons. The Bertz CT molecular complexity index is 985. The topological polar surface area (TPSA) is 69.0 Å². The van der Waals surface area contributed by atoms with Crippen LogP contribution in [0.5, 0.6) is 0 Å². The maximum atomic E-state index is 12.4. The van der Waals surface area contributed by atoms with Gasteiger partial charge in [-0.1, -0.05) is 0 Å². The molecule has 3 aromatic rings. The van der Waals surface area contributed by atoms with Crippen molar-refractivity contribution in [2.45, 2.75) is 46.3 Å². The van der Waals surface area contributed by atoms with Crippen molar-refractivity contribution in [3.63, 3.8) is 0 Å². The molecule has 0 spiro atoms. The first-order valence-electron chi connectivity index (χ1n) is 9.49. The van der Waals surface area contributed by atoms with Gasteiger partial charge in [-0.2, -0.15) is 0 Å². The van der Waals surface area contributed by atoms with E-state index in [1.165, 1.54) is 22.7 Å². The Kier molecular flexibility index (Phi) is 5.28. The molecular weight excluding hydrogens is 372 g/mol. The number of nitrogens with zero attached hydrogens (tertiary/aromatic N) is 3. The summed E-state index contributed by atoms with van der Waals surface area (Å²) >= 11 is 1.43. The predicted octanol–water partition coefficient (Wildman–Crippen LogP) is 4.36. The summed E-state index contributed by atoms with van der Waals surface area (Å²) in [5.74, 6) is -0.197. The highest BCUT2D eigenvalue weighted by atomic mass is 32.1. The number of pyridine rings is 1. The van der Waals surface area contributed by atoms with Gasteiger partial charge < -0.3 is 9.30 Å². The van der Waals surface area contributed by atoms with Crippen LogP contribution in [0.2, 0.25) is 0 Å². The largest absolute Gasteiger partial charge is 0.376 e. The Labute approximate surface area is 168 Å². The highest BCUT2D eigenvalue weighted by molar-refractivity contribution is 7.14. The Morgan fingerprint density at radius 1 is 1.36 bits per heavy atom. The van der Waals surface area contributed by atoms with E-state index in [0.717, 1.165) is 42.9 Å². The van der Waals surface area contributed by atoms with Crippen LogP contribution in [-0.4, -0.2) is 33.2 Å². The Hall–Kier alpha value is -2.51. The molecule has 3 aromatic heterocycles. The van der Waals surface area contributed by atoms with E-state index in [9.17, 15) is 4.79 Å². The molecule has 0 aliphatic carbocycles. The molecule has 0 saturated carbocycles. The quantitative estimate of drug-likeness (QED) is 0.696. The summed E-state index contributed by atoms with van der Waals surface area (Å²) in [6, 6.07) is 5.75. The molecular formula is C21H24N4O2S. The van der Waals surface area contributed by atoms with Crippen LogP contribution in [0.15, 0.2) is 29.8 Å². The van der Waals surface area contributed by atoms with Gasteiger partial charge in [0.25, 0.3) is 5.91 Å². The number of carbonyl (C=O) groups excluding carboxylic acids is 1. The van der Waals surface area contributed by atoms with Gasteiger partial charge in [-0.15, -0.1) is 11.3 Å². The molecule has 0 aromatic carbocycles. The van der Waals surface area contributed by atoms with Crippen LogP contribution in [0.4, 0.5) is 5.13 Å². The normalized spacial score (nSPS) is 16.5. The number of aromatic nitrogens is 3. The number of amides is 1. The number of aryl methyl sites for hydroxylation is 2. The first-order valence-corrected chi connectivity index (χ1v) is 10.4. The van der Waals surface area contributed by atoms with E-state index in [1.807, 2.05) is 18.4 Å². The van der Waals surface area contributed by atoms with Gasteiger partial charge in [-0.25, -0.2) is 4.98 Å². The number of anilines is 1. The van der Waals surface area contributed by atoms with Crippen LogP contribution in [0.25, 0.3) is 11.3 Å². The molecule has 1 atom stereocenters. The lowest BCUT2D eigenvalue weighted by Crippen LogP contribution is -2.16. The monoisotopic (exact) mass is 396 g/mol. The average Bonchev–Trinajstić information content (AvgIpc) is 3.40. The molecule has 7 heteroatoms. The maximum absolute atomic E-state index is 12.4. The molecule has 6 nitrogen and oxygen atoms in total. The molecule has 1 fully saturated rings. The highest BCUT2D eigenvalue weighted by Gasteiger charge is 2.20. The minimum Gasteiger partial charge on any atom is -0.376 e. The van der Waals surface area contributed by atoms with Crippen LogP contribution in [0.3, 0.4) is 0 Å². The molecule has 1 aliphatic rings. The maximum Gasteiger partial charge on any atom is 0.259 e. The number of thiazole rings is 1. The predicted molar refractivity (Wildman–Crippen MR) is 111 cm³/mol. The molecule has 1 amide bonds. The van der Waals surface area contributed by atoms with E-state index in [1.54, 1.807) is 12.3 Å². The van der Waals surface area contributed by atoms with Crippen molar-refractivity contribution in [3.8, 4) is 11.3 Å². The van der Waals surface area contributed by atoms with Gasteiger partial charge in [0.1, 0.15) is 0 Å². The Balaban J connectivity index is 1.51. The van der Waals surface area contributed by atoms with Crippen LogP contribution >= 0.6 is 11.3 Å². The van der Waals surface area contributed by atoms with E-state index >= 15 is 0 Å². The molecule has 28 heavy (non-hydrogen) atoms.